The van der Waals surface area contributed by atoms with Gasteiger partial charge in [0.15, 0.2) is 5.03 Å². The molecule has 10 nitrogen and oxygen atoms in total. The molecular weight excluding hydrogens is 414 g/mol. The van der Waals surface area contributed by atoms with E-state index in [0.717, 1.165) is 11.8 Å². The SMILES string of the molecule is COC(=O)C1=C(C(=O)OC)N(c2ccc(Sc3ncccc3[N+](=O)[O-])cc2)COC1. The molecule has 3 rings (SSSR count). The highest BCUT2D eigenvalue weighted by molar-refractivity contribution is 7.99. The largest absolute Gasteiger partial charge is 0.466 e. The van der Waals surface area contributed by atoms with Crippen molar-refractivity contribution < 1.29 is 28.7 Å². The van der Waals surface area contributed by atoms with Crippen LogP contribution in [0.1, 0.15) is 0 Å². The van der Waals surface area contributed by atoms with E-state index in [2.05, 4.69) is 4.98 Å². The first-order chi connectivity index (χ1) is 14.5. The molecular formula is C19H17N3O7S. The fourth-order valence-corrected chi connectivity index (χ4v) is 3.61. The minimum atomic E-state index is -0.693. The number of nitrogens with zero attached hydrogens (tertiary/aromatic N) is 3. The Hall–Kier alpha value is -3.44. The van der Waals surface area contributed by atoms with Gasteiger partial charge in [-0.05, 0) is 30.3 Å². The number of carbonyl (C=O) groups excluding carboxylic acids is 2. The average molecular weight is 431 g/mol. The highest BCUT2D eigenvalue weighted by atomic mass is 32.2. The van der Waals surface area contributed by atoms with Crippen molar-refractivity contribution >= 4 is 35.1 Å². The van der Waals surface area contributed by atoms with Crippen LogP contribution in [0.4, 0.5) is 11.4 Å². The molecule has 0 saturated carbocycles. The number of aromatic nitrogens is 1. The number of pyridine rings is 1. The molecule has 1 aliphatic heterocycles. The van der Waals surface area contributed by atoms with Gasteiger partial charge in [0.25, 0.3) is 0 Å². The Labute approximate surface area is 175 Å². The van der Waals surface area contributed by atoms with Crippen LogP contribution in [0.2, 0.25) is 0 Å². The third kappa shape index (κ3) is 4.42. The van der Waals surface area contributed by atoms with Crippen LogP contribution >= 0.6 is 11.8 Å². The molecule has 0 N–H and O–H groups in total. The van der Waals surface area contributed by atoms with E-state index in [4.69, 9.17) is 14.2 Å². The summed E-state index contributed by atoms with van der Waals surface area (Å²) in [6.07, 6.45) is 1.48. The number of rotatable bonds is 6. The number of anilines is 1. The number of nitro groups is 1. The number of hydrogen-bond donors (Lipinski definition) is 0. The smallest absolute Gasteiger partial charge is 0.355 e. The van der Waals surface area contributed by atoms with E-state index in [-0.39, 0.29) is 35.3 Å². The predicted octanol–water partition coefficient (Wildman–Crippen LogP) is 2.54. The van der Waals surface area contributed by atoms with Crippen molar-refractivity contribution in [2.45, 2.75) is 9.92 Å². The second kappa shape index (κ2) is 9.37. The number of esters is 2. The standard InChI is InChI=1S/C19H17N3O7S/c1-27-18(23)14-10-29-11-21(16(14)19(24)28-2)12-5-7-13(8-6-12)30-17-15(22(25)26)4-3-9-20-17/h3-9H,10-11H2,1-2H3. The fraction of sp³-hybridized carbons (Fsp3) is 0.211. The summed E-state index contributed by atoms with van der Waals surface area (Å²) in [6, 6.07) is 9.73. The molecule has 0 aliphatic carbocycles. The van der Waals surface area contributed by atoms with Gasteiger partial charge < -0.3 is 19.1 Å². The molecule has 1 aliphatic rings. The minimum absolute atomic E-state index is 0.0309. The van der Waals surface area contributed by atoms with Gasteiger partial charge in [-0.25, -0.2) is 14.6 Å². The number of benzene rings is 1. The first-order valence-corrected chi connectivity index (χ1v) is 9.40. The molecule has 0 bridgehead atoms. The number of ether oxygens (including phenoxy) is 3. The van der Waals surface area contributed by atoms with Gasteiger partial charge >= 0.3 is 17.6 Å². The molecule has 2 heterocycles. The van der Waals surface area contributed by atoms with Gasteiger partial charge in [-0.1, -0.05) is 11.8 Å². The van der Waals surface area contributed by atoms with Crippen LogP contribution in [0.25, 0.3) is 0 Å². The van der Waals surface area contributed by atoms with Crippen molar-refractivity contribution in [1.82, 2.24) is 4.98 Å². The predicted molar refractivity (Wildman–Crippen MR) is 106 cm³/mol. The van der Waals surface area contributed by atoms with Gasteiger partial charge in [0.05, 0.1) is 31.3 Å². The van der Waals surface area contributed by atoms with Crippen molar-refractivity contribution in [3.63, 3.8) is 0 Å². The van der Waals surface area contributed by atoms with Crippen LogP contribution in [-0.2, 0) is 23.8 Å². The topological polar surface area (TPSA) is 121 Å². The van der Waals surface area contributed by atoms with Crippen molar-refractivity contribution in [3.8, 4) is 0 Å². The zero-order valence-electron chi connectivity index (χ0n) is 16.1. The molecule has 0 spiro atoms. The van der Waals surface area contributed by atoms with Gasteiger partial charge in [0.1, 0.15) is 12.4 Å². The zero-order valence-corrected chi connectivity index (χ0v) is 16.9. The molecule has 1 aromatic heterocycles. The van der Waals surface area contributed by atoms with Crippen molar-refractivity contribution in [2.24, 2.45) is 0 Å². The third-order valence-corrected chi connectivity index (χ3v) is 5.16. The fourth-order valence-electron chi connectivity index (χ4n) is 2.75. The van der Waals surface area contributed by atoms with Crippen molar-refractivity contribution in [2.75, 3.05) is 32.5 Å². The summed E-state index contributed by atoms with van der Waals surface area (Å²) >= 11 is 1.14. The molecule has 30 heavy (non-hydrogen) atoms. The van der Waals surface area contributed by atoms with Crippen LogP contribution in [-0.4, -0.2) is 49.4 Å². The van der Waals surface area contributed by atoms with Crippen molar-refractivity contribution in [1.29, 1.82) is 0 Å². The molecule has 0 unspecified atom stereocenters. The molecule has 0 radical (unpaired) electrons. The number of hydrogen-bond acceptors (Lipinski definition) is 10. The highest BCUT2D eigenvalue weighted by Crippen LogP contribution is 2.34. The van der Waals surface area contributed by atoms with Gasteiger partial charge in [-0.15, -0.1) is 0 Å². The second-order valence-electron chi connectivity index (χ2n) is 5.90. The van der Waals surface area contributed by atoms with E-state index in [0.29, 0.717) is 10.6 Å². The summed E-state index contributed by atoms with van der Waals surface area (Å²) in [6.45, 7) is -0.0476. The summed E-state index contributed by atoms with van der Waals surface area (Å²) in [5, 5.41) is 11.4. The maximum Gasteiger partial charge on any atom is 0.355 e. The van der Waals surface area contributed by atoms with E-state index in [9.17, 15) is 19.7 Å². The Morgan fingerprint density at radius 2 is 1.87 bits per heavy atom. The quantitative estimate of drug-likeness (QED) is 0.383. The normalized spacial score (nSPS) is 13.7. The lowest BCUT2D eigenvalue weighted by Gasteiger charge is -2.31. The lowest BCUT2D eigenvalue weighted by molar-refractivity contribution is -0.388. The molecule has 0 atom stereocenters. The Morgan fingerprint density at radius 3 is 2.50 bits per heavy atom. The first-order valence-electron chi connectivity index (χ1n) is 8.58. The number of methoxy groups -OCH3 is 2. The van der Waals surface area contributed by atoms with Gasteiger partial charge in [-0.2, -0.15) is 0 Å². The molecule has 0 amide bonds. The summed E-state index contributed by atoms with van der Waals surface area (Å²) in [4.78, 5) is 41.3. The molecule has 0 saturated heterocycles. The van der Waals surface area contributed by atoms with E-state index < -0.39 is 16.9 Å². The monoisotopic (exact) mass is 431 g/mol. The Morgan fingerprint density at radius 1 is 1.17 bits per heavy atom. The average Bonchev–Trinajstić information content (AvgIpc) is 2.78. The Bertz CT molecular complexity index is 1010. The lowest BCUT2D eigenvalue weighted by Crippen LogP contribution is -2.38. The maximum absolute atomic E-state index is 12.3. The molecule has 11 heteroatoms. The first kappa shape index (κ1) is 21.3. The lowest BCUT2D eigenvalue weighted by atomic mass is 10.1. The van der Waals surface area contributed by atoms with Gasteiger partial charge in [0.2, 0.25) is 0 Å². The summed E-state index contributed by atoms with van der Waals surface area (Å²) in [5.74, 6) is -1.38. The van der Waals surface area contributed by atoms with Crippen LogP contribution in [0.3, 0.4) is 0 Å². The molecule has 156 valence electrons. The zero-order chi connectivity index (χ0) is 21.7. The van der Waals surface area contributed by atoms with Crippen LogP contribution < -0.4 is 4.90 Å². The third-order valence-electron chi connectivity index (χ3n) is 4.14. The summed E-state index contributed by atoms with van der Waals surface area (Å²) < 4.78 is 15.0. The minimum Gasteiger partial charge on any atom is -0.466 e. The van der Waals surface area contributed by atoms with Crippen molar-refractivity contribution in [3.05, 3.63) is 64.0 Å². The Kier molecular flexibility index (Phi) is 6.65. The van der Waals surface area contributed by atoms with E-state index in [1.807, 2.05) is 0 Å². The highest BCUT2D eigenvalue weighted by Gasteiger charge is 2.32. The number of carbonyl (C=O) groups is 2. The van der Waals surface area contributed by atoms with Crippen LogP contribution in [0.5, 0.6) is 0 Å². The van der Waals surface area contributed by atoms with Gasteiger partial charge in [-0.3, -0.25) is 10.1 Å². The second-order valence-corrected chi connectivity index (χ2v) is 6.96. The molecule has 1 aromatic carbocycles. The van der Waals surface area contributed by atoms with Crippen LogP contribution in [0, 0.1) is 10.1 Å². The van der Waals surface area contributed by atoms with E-state index >= 15 is 0 Å². The summed E-state index contributed by atoms with van der Waals surface area (Å²) in [5.41, 5.74) is 0.570. The molecule has 2 aromatic rings. The Balaban J connectivity index is 1.91. The molecule has 0 fully saturated rings. The summed E-state index contributed by atoms with van der Waals surface area (Å²) in [7, 11) is 2.43. The van der Waals surface area contributed by atoms with E-state index in [1.165, 1.54) is 37.4 Å². The van der Waals surface area contributed by atoms with E-state index in [1.54, 1.807) is 24.3 Å². The maximum atomic E-state index is 12.3. The van der Waals surface area contributed by atoms with Crippen LogP contribution in [0.15, 0.2) is 63.8 Å². The van der Waals surface area contributed by atoms with Gasteiger partial charge in [0, 0.05) is 22.8 Å².